The van der Waals surface area contributed by atoms with Crippen molar-refractivity contribution >= 4 is 29.8 Å². The summed E-state index contributed by atoms with van der Waals surface area (Å²) in [6.07, 6.45) is -28.5. The van der Waals surface area contributed by atoms with E-state index in [0.29, 0.717) is 11.1 Å². The van der Waals surface area contributed by atoms with E-state index in [-0.39, 0.29) is 58.4 Å². The smallest absolute Gasteiger partial charge is 0.338 e. The number of esters is 5. The normalized spacial score (nSPS) is 25.7. The Hall–Kier alpha value is -8.63. The topological polar surface area (TPSA) is 273 Å². The molecule has 0 saturated carbocycles. The van der Waals surface area contributed by atoms with Crippen LogP contribution in [-0.2, 0) is 135 Å². The van der Waals surface area contributed by atoms with Crippen molar-refractivity contribution in [3.05, 3.63) is 251 Å². The number of rotatable bonds is 33. The molecule has 0 aromatic heterocycles. The van der Waals surface area contributed by atoms with E-state index in [1.54, 1.807) is 18.2 Å². The molecular weight excluding hydrogens is 1290 g/mol. The predicted molar refractivity (Wildman–Crippen MR) is 355 cm³/mol. The average Bonchev–Trinajstić information content (AvgIpc) is 0.757. The number of hydrogen-bond donors (Lipinski definition) is 2. The summed E-state index contributed by atoms with van der Waals surface area (Å²) < 4.78 is 105. The molecule has 23 heteroatoms. The highest BCUT2D eigenvalue weighted by Gasteiger charge is 2.60. The Bertz CT molecular complexity index is 3600. The lowest BCUT2D eigenvalue weighted by atomic mass is 9.92. The molecule has 7 aromatic rings. The van der Waals surface area contributed by atoms with E-state index < -0.39 is 141 Å². The Labute approximate surface area is 580 Å². The SMILES string of the molecule is CC(=O)OC[C@@H]1O[C@H](O[C@H]2[C@@H](O[C@H]3O[C@@H](C(COCc4ccccc4)OCc4ccccc4)[C@H](OCc4ccccc4)[C@H](O)[C@@H]3OCc3ccccc3)[C@@H](OC(=O)c3ccccc3)[C@H](O)O[C@H]2C(COCc2ccccc2)OCc2ccccc2)[C@H](OC(C)=O)[C@@H](OC(C)=O)[C@H]1OC(C)=O. The number of aliphatic hydroxyl groups excluding tert-OH is 2. The van der Waals surface area contributed by atoms with E-state index in [2.05, 4.69) is 0 Å². The van der Waals surface area contributed by atoms with E-state index in [0.717, 1.165) is 49.9 Å². The molecule has 0 radical (unpaired) electrons. The molecule has 2 unspecified atom stereocenters. The van der Waals surface area contributed by atoms with E-state index in [1.165, 1.54) is 12.1 Å². The molecule has 0 spiro atoms. The Balaban J connectivity index is 1.15. The summed E-state index contributed by atoms with van der Waals surface area (Å²) in [5.74, 6) is -4.54. The molecule has 3 aliphatic heterocycles. The van der Waals surface area contributed by atoms with Gasteiger partial charge in [0.15, 0.2) is 43.3 Å². The number of hydrogen-bond acceptors (Lipinski definition) is 23. The third kappa shape index (κ3) is 21.5. The van der Waals surface area contributed by atoms with Gasteiger partial charge < -0.3 is 86.0 Å². The maximum atomic E-state index is 14.8. The highest BCUT2D eigenvalue weighted by molar-refractivity contribution is 5.89. The molecule has 100 heavy (non-hydrogen) atoms. The first-order valence-electron chi connectivity index (χ1n) is 33.0. The highest BCUT2D eigenvalue weighted by Crippen LogP contribution is 2.40. The molecule has 7 aromatic carbocycles. The minimum atomic E-state index is -2.15. The molecule has 10 rings (SSSR count). The molecule has 530 valence electrons. The van der Waals surface area contributed by atoms with Gasteiger partial charge in [0.05, 0.1) is 58.4 Å². The minimum Gasteiger partial charge on any atom is -0.463 e. The molecule has 0 aliphatic carbocycles. The van der Waals surface area contributed by atoms with Crippen molar-refractivity contribution in [1.29, 1.82) is 0 Å². The van der Waals surface area contributed by atoms with E-state index >= 15 is 0 Å². The third-order valence-electron chi connectivity index (χ3n) is 16.6. The van der Waals surface area contributed by atoms with Gasteiger partial charge in [-0.25, -0.2) is 4.79 Å². The average molecular weight is 1380 g/mol. The molecule has 3 fully saturated rings. The van der Waals surface area contributed by atoms with Gasteiger partial charge >= 0.3 is 29.8 Å². The highest BCUT2D eigenvalue weighted by atomic mass is 16.8. The summed E-state index contributed by atoms with van der Waals surface area (Å²) >= 11 is 0. The van der Waals surface area contributed by atoms with E-state index in [4.69, 9.17) is 75.8 Å². The van der Waals surface area contributed by atoms with Crippen LogP contribution in [0.15, 0.2) is 212 Å². The second-order valence-corrected chi connectivity index (χ2v) is 24.1. The largest absolute Gasteiger partial charge is 0.463 e. The summed E-state index contributed by atoms with van der Waals surface area (Å²) in [5, 5.41) is 26.4. The molecule has 2 N–H and O–H groups in total. The quantitative estimate of drug-likeness (QED) is 0.0288. The fourth-order valence-electron chi connectivity index (χ4n) is 11.9. The number of ether oxygens (including phenoxy) is 16. The van der Waals surface area contributed by atoms with Crippen LogP contribution < -0.4 is 0 Å². The first-order valence-corrected chi connectivity index (χ1v) is 33.0. The molecule has 3 aliphatic rings. The van der Waals surface area contributed by atoms with Gasteiger partial charge in [0.2, 0.25) is 0 Å². The molecule has 23 nitrogen and oxygen atoms in total. The van der Waals surface area contributed by atoms with Crippen LogP contribution >= 0.6 is 0 Å². The lowest BCUT2D eigenvalue weighted by Gasteiger charge is -2.51. The minimum absolute atomic E-state index is 0.0228. The zero-order valence-corrected chi connectivity index (χ0v) is 55.9. The van der Waals surface area contributed by atoms with E-state index in [1.807, 2.05) is 182 Å². The Morgan fingerprint density at radius 2 is 0.750 bits per heavy atom. The zero-order chi connectivity index (χ0) is 70.2. The third-order valence-corrected chi connectivity index (χ3v) is 16.6. The lowest BCUT2D eigenvalue weighted by molar-refractivity contribution is -0.394. The van der Waals surface area contributed by atoms with Gasteiger partial charge in [-0.3, -0.25) is 19.2 Å². The van der Waals surface area contributed by atoms with Gasteiger partial charge in [-0.15, -0.1) is 0 Å². The van der Waals surface area contributed by atoms with Gasteiger partial charge in [0.1, 0.15) is 67.6 Å². The van der Waals surface area contributed by atoms with Gasteiger partial charge in [-0.1, -0.05) is 200 Å². The van der Waals surface area contributed by atoms with Gasteiger partial charge in [0.25, 0.3) is 0 Å². The lowest BCUT2D eigenvalue weighted by Crippen LogP contribution is -2.70. The second kappa shape index (κ2) is 37.7. The second-order valence-electron chi connectivity index (χ2n) is 24.1. The molecule has 17 atom stereocenters. The molecular formula is C77H84O23. The zero-order valence-electron chi connectivity index (χ0n) is 55.9. The molecule has 3 heterocycles. The maximum absolute atomic E-state index is 14.8. The fraction of sp³-hybridized carbons (Fsp3) is 0.390. The van der Waals surface area contributed by atoms with Gasteiger partial charge in [-0.05, 0) is 45.5 Å². The van der Waals surface area contributed by atoms with Crippen molar-refractivity contribution in [1.82, 2.24) is 0 Å². The molecule has 0 amide bonds. The number of benzene rings is 7. The summed E-state index contributed by atoms with van der Waals surface area (Å²) in [7, 11) is 0. The monoisotopic (exact) mass is 1380 g/mol. The van der Waals surface area contributed by atoms with Crippen molar-refractivity contribution < 1.29 is 110 Å². The van der Waals surface area contributed by atoms with Crippen LogP contribution in [-0.4, -0.2) is 164 Å². The molecule has 3 saturated heterocycles. The van der Waals surface area contributed by atoms with Crippen molar-refractivity contribution in [2.75, 3.05) is 19.8 Å². The molecule has 0 bridgehead atoms. The summed E-state index contributed by atoms with van der Waals surface area (Å²) in [6, 6.07) is 63.6. The van der Waals surface area contributed by atoms with Crippen molar-refractivity contribution in [2.24, 2.45) is 0 Å². The van der Waals surface area contributed by atoms with Crippen molar-refractivity contribution in [3.8, 4) is 0 Å². The number of aliphatic hydroxyl groups is 2. The van der Waals surface area contributed by atoms with Crippen LogP contribution in [0.3, 0.4) is 0 Å². The maximum Gasteiger partial charge on any atom is 0.338 e. The Kier molecular flexibility index (Phi) is 27.9. The van der Waals surface area contributed by atoms with Crippen LogP contribution in [0.1, 0.15) is 71.4 Å². The van der Waals surface area contributed by atoms with E-state index in [9.17, 15) is 34.2 Å². The predicted octanol–water partition coefficient (Wildman–Crippen LogP) is 8.64. The van der Waals surface area contributed by atoms with Crippen LogP contribution in [0.2, 0.25) is 0 Å². The first kappa shape index (κ1) is 74.1. The number of carbonyl (C=O) groups excluding carboxylic acids is 5. The van der Waals surface area contributed by atoms with Crippen molar-refractivity contribution in [3.63, 3.8) is 0 Å². The van der Waals surface area contributed by atoms with Crippen LogP contribution in [0.25, 0.3) is 0 Å². The van der Waals surface area contributed by atoms with Crippen molar-refractivity contribution in [2.45, 2.75) is 172 Å². The van der Waals surface area contributed by atoms with Crippen LogP contribution in [0, 0.1) is 0 Å². The summed E-state index contributed by atoms with van der Waals surface area (Å²) in [6.45, 7) is 3.13. The standard InChI is InChI=1S/C77H84O23/c1-49(78)87-48-62-66(92-50(2)79)70(93-51(3)80)73(94-52(4)81)77(95-62)99-69-65(61(89-43-56-32-18-8-19-33-56)47-86-41-54-28-14-6-15-29-54)96-75(84)72(97-74(83)59-38-24-11-25-39-59)71(69)100-76-68(91-45-58-36-22-10-23-37-58)63(82)67(90-44-57-34-20-9-21-35-57)64(98-76)60(88-42-55-30-16-7-17-31-55)46-85-40-53-26-12-5-13-27-53/h5-39,60-73,75-77,82,84H,40-48H2,1-4H3/t60?,61?,62-,63-,64-,65-,66-,67+,68-,69+,70-,71+,72+,73+,75+,76+,77+/m0/s1. The van der Waals surface area contributed by atoms with Gasteiger partial charge in [-0.2, -0.15) is 0 Å². The summed E-state index contributed by atoms with van der Waals surface area (Å²) in [4.78, 5) is 67.3. The Morgan fingerprint density at radius 3 is 1.20 bits per heavy atom. The summed E-state index contributed by atoms with van der Waals surface area (Å²) in [5.41, 5.74) is 4.57. The van der Waals surface area contributed by atoms with Gasteiger partial charge in [0, 0.05) is 27.7 Å². The fourth-order valence-corrected chi connectivity index (χ4v) is 11.9. The number of carbonyl (C=O) groups is 5. The van der Waals surface area contributed by atoms with Crippen LogP contribution in [0.5, 0.6) is 0 Å². The van der Waals surface area contributed by atoms with Crippen LogP contribution in [0.4, 0.5) is 0 Å². The first-order chi connectivity index (χ1) is 48.6. The Morgan fingerprint density at radius 1 is 0.370 bits per heavy atom.